The van der Waals surface area contributed by atoms with Gasteiger partial charge in [-0.25, -0.2) is 5.43 Å². The van der Waals surface area contributed by atoms with Crippen LogP contribution in [-0.2, 0) is 4.79 Å². The van der Waals surface area contributed by atoms with Crippen molar-refractivity contribution >= 4 is 17.8 Å². The van der Waals surface area contributed by atoms with E-state index in [1.165, 1.54) is 12.1 Å². The van der Waals surface area contributed by atoms with Crippen LogP contribution in [0.4, 0.5) is 5.69 Å². The SMILES string of the molecule is Cc1cccc(OCC(=O)N/N=C/c2cc([N+](=O)[O-])ccc2O)c1. The number of benzene rings is 2. The van der Waals surface area contributed by atoms with Crippen molar-refractivity contribution in [1.29, 1.82) is 0 Å². The molecule has 2 aromatic carbocycles. The predicted molar refractivity (Wildman–Crippen MR) is 87.2 cm³/mol. The summed E-state index contributed by atoms with van der Waals surface area (Å²) in [4.78, 5) is 21.7. The Kier molecular flexibility index (Phi) is 5.45. The van der Waals surface area contributed by atoms with Crippen LogP contribution >= 0.6 is 0 Å². The van der Waals surface area contributed by atoms with Crippen molar-refractivity contribution in [2.24, 2.45) is 5.10 Å². The number of aryl methyl sites for hydroxylation is 1. The van der Waals surface area contributed by atoms with Crippen molar-refractivity contribution in [1.82, 2.24) is 5.43 Å². The fourth-order valence-electron chi connectivity index (χ4n) is 1.82. The Morgan fingerprint density at radius 2 is 2.17 bits per heavy atom. The summed E-state index contributed by atoms with van der Waals surface area (Å²) in [5.41, 5.74) is 3.15. The molecular formula is C16H15N3O5. The second kappa shape index (κ2) is 7.73. The van der Waals surface area contributed by atoms with E-state index >= 15 is 0 Å². The second-order valence-electron chi connectivity index (χ2n) is 4.90. The maximum Gasteiger partial charge on any atom is 0.277 e. The van der Waals surface area contributed by atoms with Crippen LogP contribution in [-0.4, -0.2) is 28.8 Å². The van der Waals surface area contributed by atoms with E-state index < -0.39 is 10.8 Å². The van der Waals surface area contributed by atoms with Crippen molar-refractivity contribution < 1.29 is 19.6 Å². The third-order valence-electron chi connectivity index (χ3n) is 2.97. The molecule has 124 valence electrons. The van der Waals surface area contributed by atoms with Crippen LogP contribution in [0.1, 0.15) is 11.1 Å². The monoisotopic (exact) mass is 329 g/mol. The van der Waals surface area contributed by atoms with Gasteiger partial charge in [0.1, 0.15) is 11.5 Å². The Hall–Kier alpha value is -3.42. The topological polar surface area (TPSA) is 114 Å². The molecule has 0 aliphatic heterocycles. The van der Waals surface area contributed by atoms with Crippen LogP contribution in [0.25, 0.3) is 0 Å². The summed E-state index contributed by atoms with van der Waals surface area (Å²) in [5.74, 6) is -0.127. The number of phenols is 1. The van der Waals surface area contributed by atoms with Gasteiger partial charge < -0.3 is 9.84 Å². The van der Waals surface area contributed by atoms with Crippen molar-refractivity contribution in [3.63, 3.8) is 0 Å². The number of phenolic OH excluding ortho intramolecular Hbond substituents is 1. The van der Waals surface area contributed by atoms with Crippen LogP contribution in [0, 0.1) is 17.0 Å². The Morgan fingerprint density at radius 3 is 2.88 bits per heavy atom. The molecule has 0 saturated carbocycles. The number of ether oxygens (including phenoxy) is 1. The van der Waals surface area contributed by atoms with Crippen LogP contribution in [0.15, 0.2) is 47.6 Å². The van der Waals surface area contributed by atoms with E-state index in [2.05, 4.69) is 10.5 Å². The number of rotatable bonds is 6. The van der Waals surface area contributed by atoms with E-state index in [-0.39, 0.29) is 23.6 Å². The highest BCUT2D eigenvalue weighted by Crippen LogP contribution is 2.21. The molecule has 0 aliphatic carbocycles. The highest BCUT2D eigenvalue weighted by Gasteiger charge is 2.09. The lowest BCUT2D eigenvalue weighted by Gasteiger charge is -2.05. The number of nitrogens with zero attached hydrogens (tertiary/aromatic N) is 2. The molecule has 8 nitrogen and oxygen atoms in total. The molecule has 2 N–H and O–H groups in total. The molecule has 0 atom stereocenters. The number of hydrogen-bond donors (Lipinski definition) is 2. The number of amides is 1. The van der Waals surface area contributed by atoms with E-state index in [9.17, 15) is 20.0 Å². The number of non-ortho nitro benzene ring substituents is 1. The number of carbonyl (C=O) groups excluding carboxylic acids is 1. The molecule has 24 heavy (non-hydrogen) atoms. The lowest BCUT2D eigenvalue weighted by molar-refractivity contribution is -0.384. The van der Waals surface area contributed by atoms with Gasteiger partial charge in [-0.15, -0.1) is 0 Å². The summed E-state index contributed by atoms with van der Waals surface area (Å²) in [6.07, 6.45) is 1.12. The van der Waals surface area contributed by atoms with Gasteiger partial charge in [-0.1, -0.05) is 12.1 Å². The Bertz CT molecular complexity index is 789. The third kappa shape index (κ3) is 4.80. The minimum absolute atomic E-state index is 0.115. The van der Waals surface area contributed by atoms with Crippen LogP contribution in [0.5, 0.6) is 11.5 Å². The van der Waals surface area contributed by atoms with Gasteiger partial charge in [-0.05, 0) is 30.7 Å². The van der Waals surface area contributed by atoms with E-state index in [1.54, 1.807) is 12.1 Å². The third-order valence-corrected chi connectivity index (χ3v) is 2.97. The molecule has 1 amide bonds. The van der Waals surface area contributed by atoms with E-state index in [0.717, 1.165) is 17.8 Å². The first-order valence-electron chi connectivity index (χ1n) is 6.94. The summed E-state index contributed by atoms with van der Waals surface area (Å²) < 4.78 is 5.30. The molecule has 0 aliphatic rings. The molecule has 0 heterocycles. The van der Waals surface area contributed by atoms with Gasteiger partial charge in [0.05, 0.1) is 11.1 Å². The van der Waals surface area contributed by atoms with Crippen molar-refractivity contribution in [2.45, 2.75) is 6.92 Å². The predicted octanol–water partition coefficient (Wildman–Crippen LogP) is 2.14. The lowest BCUT2D eigenvalue weighted by atomic mass is 10.2. The zero-order valence-corrected chi connectivity index (χ0v) is 12.8. The second-order valence-corrected chi connectivity index (χ2v) is 4.90. The number of hydrazone groups is 1. The van der Waals surface area contributed by atoms with E-state index in [4.69, 9.17) is 4.74 Å². The first-order valence-corrected chi connectivity index (χ1v) is 6.94. The minimum atomic E-state index is -0.592. The Morgan fingerprint density at radius 1 is 1.38 bits per heavy atom. The molecule has 8 heteroatoms. The maximum atomic E-state index is 11.6. The number of nitro benzene ring substituents is 1. The quantitative estimate of drug-likeness (QED) is 0.479. The van der Waals surface area contributed by atoms with Crippen molar-refractivity contribution in [3.05, 3.63) is 63.7 Å². The molecule has 2 rings (SSSR count). The summed E-state index contributed by atoms with van der Waals surface area (Å²) in [5, 5.41) is 23.9. The number of aromatic hydroxyl groups is 1. The zero-order chi connectivity index (χ0) is 17.5. The summed E-state index contributed by atoms with van der Waals surface area (Å²) in [6.45, 7) is 1.67. The molecule has 0 bridgehead atoms. The standard InChI is InChI=1S/C16H15N3O5/c1-11-3-2-4-14(7-11)24-10-16(21)18-17-9-12-8-13(19(22)23)5-6-15(12)20/h2-9,20H,10H2,1H3,(H,18,21)/b17-9+. The first kappa shape index (κ1) is 16.9. The molecule has 0 radical (unpaired) electrons. The van der Waals surface area contributed by atoms with Crippen LogP contribution in [0.2, 0.25) is 0 Å². The first-order chi connectivity index (χ1) is 11.5. The average Bonchev–Trinajstić information content (AvgIpc) is 2.54. The van der Waals surface area contributed by atoms with Gasteiger partial charge >= 0.3 is 0 Å². The molecule has 0 saturated heterocycles. The lowest BCUT2D eigenvalue weighted by Crippen LogP contribution is -2.24. The minimum Gasteiger partial charge on any atom is -0.507 e. The number of nitro groups is 1. The van der Waals surface area contributed by atoms with Gasteiger partial charge in [0, 0.05) is 17.7 Å². The van der Waals surface area contributed by atoms with Crippen molar-refractivity contribution in [3.8, 4) is 11.5 Å². The zero-order valence-electron chi connectivity index (χ0n) is 12.8. The number of nitrogens with one attached hydrogen (secondary N) is 1. The molecular weight excluding hydrogens is 314 g/mol. The van der Waals surface area contributed by atoms with E-state index in [1.807, 2.05) is 19.1 Å². The molecule has 0 fully saturated rings. The fourth-order valence-corrected chi connectivity index (χ4v) is 1.82. The van der Waals surface area contributed by atoms with Gasteiger partial charge in [0.25, 0.3) is 11.6 Å². The van der Waals surface area contributed by atoms with Gasteiger partial charge in [-0.3, -0.25) is 14.9 Å². The van der Waals surface area contributed by atoms with Gasteiger partial charge in [-0.2, -0.15) is 5.10 Å². The van der Waals surface area contributed by atoms with Gasteiger partial charge in [0.15, 0.2) is 6.61 Å². The highest BCUT2D eigenvalue weighted by atomic mass is 16.6. The Labute approximate surface area is 137 Å². The Balaban J connectivity index is 1.90. The summed E-state index contributed by atoms with van der Waals surface area (Å²) >= 11 is 0. The smallest absolute Gasteiger partial charge is 0.277 e. The number of carbonyl (C=O) groups is 1. The van der Waals surface area contributed by atoms with Crippen molar-refractivity contribution in [2.75, 3.05) is 6.61 Å². The van der Waals surface area contributed by atoms with Crippen LogP contribution in [0.3, 0.4) is 0 Å². The normalized spacial score (nSPS) is 10.5. The fraction of sp³-hybridized carbons (Fsp3) is 0.125. The summed E-state index contributed by atoms with van der Waals surface area (Å²) in [6, 6.07) is 10.7. The van der Waals surface area contributed by atoms with Crippen LogP contribution < -0.4 is 10.2 Å². The molecule has 2 aromatic rings. The summed E-state index contributed by atoms with van der Waals surface area (Å²) in [7, 11) is 0. The average molecular weight is 329 g/mol. The molecule has 0 spiro atoms. The molecule has 0 aromatic heterocycles. The maximum absolute atomic E-state index is 11.6. The number of hydrogen-bond acceptors (Lipinski definition) is 6. The highest BCUT2D eigenvalue weighted by molar-refractivity contribution is 5.86. The van der Waals surface area contributed by atoms with Gasteiger partial charge in [0.2, 0.25) is 0 Å². The van der Waals surface area contributed by atoms with E-state index in [0.29, 0.717) is 5.75 Å². The molecule has 0 unspecified atom stereocenters. The largest absolute Gasteiger partial charge is 0.507 e.